The smallest absolute Gasteiger partial charge is 0.239 e. The lowest BCUT2D eigenvalue weighted by Crippen LogP contribution is -2.45. The summed E-state index contributed by atoms with van der Waals surface area (Å²) in [6.45, 7) is 1.85. The number of carbonyl (C=O) groups excluding carboxylic acids is 3. The van der Waals surface area contributed by atoms with Gasteiger partial charge in [-0.05, 0) is 82.3 Å². The van der Waals surface area contributed by atoms with Crippen LogP contribution in [0.2, 0.25) is 5.02 Å². The standard InChI is InChI=1S/C42H32ClNO5/c1-25-14-19-30(43)24-33(25)44-38(45)36-37(39(44)46)42(29-12-8-5-9-13-29)35(27-17-22-32(49-3)23-18-27)34(26-15-20-31(48-2)21-16-26)41(36,40(42)47)28-10-6-4-7-11-28/h4-24,36-37H,1-3H3/t36-,37+,41-,42+. The Kier molecular flexibility index (Phi) is 7.12. The van der Waals surface area contributed by atoms with Gasteiger partial charge in [0.1, 0.15) is 11.5 Å². The number of rotatable bonds is 7. The number of halogens is 1. The molecule has 4 atom stereocenters. The van der Waals surface area contributed by atoms with Crippen molar-refractivity contribution in [3.05, 3.63) is 160 Å². The number of ketones is 1. The summed E-state index contributed by atoms with van der Waals surface area (Å²) in [5, 5.41) is 0.406. The van der Waals surface area contributed by atoms with Gasteiger partial charge in [-0.2, -0.15) is 0 Å². The van der Waals surface area contributed by atoms with E-state index in [1.54, 1.807) is 32.4 Å². The zero-order valence-electron chi connectivity index (χ0n) is 27.1. The van der Waals surface area contributed by atoms with E-state index in [-0.39, 0.29) is 5.78 Å². The predicted molar refractivity (Wildman–Crippen MR) is 190 cm³/mol. The summed E-state index contributed by atoms with van der Waals surface area (Å²) in [5.41, 5.74) is 2.37. The van der Waals surface area contributed by atoms with Crippen LogP contribution in [0.3, 0.4) is 0 Å². The fourth-order valence-electron chi connectivity index (χ4n) is 8.70. The van der Waals surface area contributed by atoms with E-state index in [4.69, 9.17) is 21.1 Å². The molecule has 0 radical (unpaired) electrons. The summed E-state index contributed by atoms with van der Waals surface area (Å²) in [7, 11) is 3.21. The van der Waals surface area contributed by atoms with Crippen molar-refractivity contribution in [3.8, 4) is 11.5 Å². The zero-order valence-corrected chi connectivity index (χ0v) is 27.9. The van der Waals surface area contributed by atoms with E-state index in [1.807, 2.05) is 116 Å². The van der Waals surface area contributed by atoms with E-state index >= 15 is 14.4 Å². The third kappa shape index (κ3) is 4.04. The minimum absolute atomic E-state index is 0.187. The van der Waals surface area contributed by atoms with Gasteiger partial charge in [0.25, 0.3) is 0 Å². The van der Waals surface area contributed by atoms with Gasteiger partial charge >= 0.3 is 0 Å². The first-order valence-corrected chi connectivity index (χ1v) is 16.5. The highest BCUT2D eigenvalue weighted by Crippen LogP contribution is 2.74. The first-order valence-electron chi connectivity index (χ1n) is 16.1. The lowest BCUT2D eigenvalue weighted by atomic mass is 9.59. The van der Waals surface area contributed by atoms with Crippen LogP contribution in [-0.2, 0) is 25.2 Å². The monoisotopic (exact) mass is 665 g/mol. The maximum absolute atomic E-state index is 16.1. The van der Waals surface area contributed by atoms with Gasteiger partial charge in [-0.1, -0.05) is 103 Å². The van der Waals surface area contributed by atoms with E-state index in [0.29, 0.717) is 44.5 Å². The molecule has 0 unspecified atom stereocenters. The van der Waals surface area contributed by atoms with Crippen LogP contribution >= 0.6 is 11.6 Å². The molecule has 0 N–H and O–H groups in total. The van der Waals surface area contributed by atoms with Crippen molar-refractivity contribution in [3.63, 3.8) is 0 Å². The molecule has 0 spiro atoms. The van der Waals surface area contributed by atoms with Crippen LogP contribution in [0.15, 0.2) is 127 Å². The SMILES string of the molecule is COc1ccc(C2=C(c3ccc(OC)cc3)[C@@]3(c4ccccc4)C(=O)[C@]2(c2ccccc2)[C@@H]2C(=O)N(c4cc(Cl)ccc4C)C(=O)[C@@H]23)cc1. The fourth-order valence-corrected chi connectivity index (χ4v) is 8.87. The van der Waals surface area contributed by atoms with Crippen LogP contribution in [0.25, 0.3) is 11.1 Å². The minimum atomic E-state index is -1.51. The number of imide groups is 1. The molecular formula is C42H32ClNO5. The summed E-state index contributed by atoms with van der Waals surface area (Å²) in [4.78, 5) is 47.7. The second kappa shape index (κ2) is 11.3. The molecule has 242 valence electrons. The van der Waals surface area contributed by atoms with Crippen molar-refractivity contribution < 1.29 is 23.9 Å². The van der Waals surface area contributed by atoms with Crippen LogP contribution in [0.1, 0.15) is 27.8 Å². The van der Waals surface area contributed by atoms with Gasteiger partial charge < -0.3 is 9.47 Å². The Labute approximate surface area is 289 Å². The molecular weight excluding hydrogens is 634 g/mol. The number of hydrogen-bond donors (Lipinski definition) is 0. The number of ether oxygens (including phenoxy) is 2. The van der Waals surface area contributed by atoms with Gasteiger partial charge in [0.2, 0.25) is 11.8 Å². The van der Waals surface area contributed by atoms with Crippen molar-refractivity contribution in [1.82, 2.24) is 0 Å². The van der Waals surface area contributed by atoms with E-state index in [2.05, 4.69) is 0 Å². The molecule has 1 aliphatic heterocycles. The van der Waals surface area contributed by atoms with Gasteiger partial charge in [-0.25, -0.2) is 4.90 Å². The van der Waals surface area contributed by atoms with Gasteiger partial charge in [0.05, 0.1) is 42.6 Å². The molecule has 2 bridgehead atoms. The second-order valence-electron chi connectivity index (χ2n) is 12.8. The molecule has 0 aromatic heterocycles. The Morgan fingerprint density at radius 2 is 1.02 bits per heavy atom. The molecule has 1 saturated carbocycles. The maximum atomic E-state index is 16.1. The Balaban J connectivity index is 1.55. The van der Waals surface area contributed by atoms with E-state index in [9.17, 15) is 0 Å². The summed E-state index contributed by atoms with van der Waals surface area (Å²) >= 11 is 6.47. The third-order valence-corrected chi connectivity index (χ3v) is 10.9. The van der Waals surface area contributed by atoms with Crippen molar-refractivity contribution >= 4 is 46.0 Å². The average molecular weight is 666 g/mol. The molecule has 6 nitrogen and oxygen atoms in total. The number of allylic oxidation sites excluding steroid dienone is 2. The molecule has 5 aromatic carbocycles. The molecule has 3 aliphatic rings. The molecule has 1 saturated heterocycles. The highest BCUT2D eigenvalue weighted by molar-refractivity contribution is 6.39. The largest absolute Gasteiger partial charge is 0.497 e. The van der Waals surface area contributed by atoms with Gasteiger partial charge in [-0.15, -0.1) is 0 Å². The second-order valence-corrected chi connectivity index (χ2v) is 13.2. The number of benzene rings is 5. The lowest BCUT2D eigenvalue weighted by molar-refractivity contribution is -0.130. The Hall–Kier alpha value is -5.46. The van der Waals surface area contributed by atoms with Crippen LogP contribution < -0.4 is 14.4 Å². The van der Waals surface area contributed by atoms with Crippen LogP contribution in [-0.4, -0.2) is 31.8 Å². The number of aryl methyl sites for hydroxylation is 1. The molecule has 7 heteroatoms. The highest BCUT2D eigenvalue weighted by Gasteiger charge is 2.82. The Bertz CT molecular complexity index is 2050. The van der Waals surface area contributed by atoms with Crippen molar-refractivity contribution in [2.75, 3.05) is 19.1 Å². The topological polar surface area (TPSA) is 72.9 Å². The number of Topliss-reactive ketones (excluding diaryl/α,β-unsaturated/α-hetero) is 1. The highest BCUT2D eigenvalue weighted by atomic mass is 35.5. The zero-order chi connectivity index (χ0) is 34.1. The molecule has 1 heterocycles. The van der Waals surface area contributed by atoms with Gasteiger partial charge in [0, 0.05) is 5.02 Å². The first-order chi connectivity index (χ1) is 23.8. The Morgan fingerprint density at radius 1 is 0.592 bits per heavy atom. The van der Waals surface area contributed by atoms with E-state index in [1.165, 1.54) is 4.90 Å². The van der Waals surface area contributed by atoms with E-state index < -0.39 is 34.5 Å². The summed E-state index contributed by atoms with van der Waals surface area (Å²) in [6, 6.07) is 39.3. The molecule has 2 aliphatic carbocycles. The summed E-state index contributed by atoms with van der Waals surface area (Å²) < 4.78 is 11.0. The predicted octanol–water partition coefficient (Wildman–Crippen LogP) is 7.85. The lowest BCUT2D eigenvalue weighted by Gasteiger charge is -2.39. The van der Waals surface area contributed by atoms with Gasteiger partial charge in [-0.3, -0.25) is 14.4 Å². The first kappa shape index (κ1) is 30.8. The van der Waals surface area contributed by atoms with Crippen molar-refractivity contribution in [2.45, 2.75) is 17.8 Å². The number of methoxy groups -OCH3 is 2. The number of fused-ring (bicyclic) bond motifs is 5. The number of nitrogens with zero attached hydrogens (tertiary/aromatic N) is 1. The van der Waals surface area contributed by atoms with E-state index in [0.717, 1.165) is 16.7 Å². The quantitative estimate of drug-likeness (QED) is 0.166. The number of hydrogen-bond acceptors (Lipinski definition) is 5. The normalized spacial score (nSPS) is 24.1. The average Bonchev–Trinajstić information content (AvgIpc) is 3.65. The van der Waals surface area contributed by atoms with Crippen molar-refractivity contribution in [2.24, 2.45) is 11.8 Å². The molecule has 49 heavy (non-hydrogen) atoms. The van der Waals surface area contributed by atoms with Crippen molar-refractivity contribution in [1.29, 1.82) is 0 Å². The number of amides is 2. The summed E-state index contributed by atoms with van der Waals surface area (Å²) in [6.07, 6.45) is 0. The van der Waals surface area contributed by atoms with Gasteiger partial charge in [0.15, 0.2) is 5.78 Å². The summed E-state index contributed by atoms with van der Waals surface area (Å²) in [5.74, 6) is -1.79. The van der Waals surface area contributed by atoms with Crippen LogP contribution in [0.5, 0.6) is 11.5 Å². The third-order valence-electron chi connectivity index (χ3n) is 10.6. The molecule has 2 fully saturated rings. The molecule has 8 rings (SSSR count). The Morgan fingerprint density at radius 3 is 1.43 bits per heavy atom. The maximum Gasteiger partial charge on any atom is 0.239 e. The number of anilines is 1. The molecule has 5 aromatic rings. The minimum Gasteiger partial charge on any atom is -0.497 e. The fraction of sp³-hybridized carbons (Fsp3) is 0.167. The number of carbonyl (C=O) groups is 3. The molecule has 2 amide bonds. The van der Waals surface area contributed by atoms with Crippen LogP contribution in [0, 0.1) is 18.8 Å². The van der Waals surface area contributed by atoms with Crippen LogP contribution in [0.4, 0.5) is 5.69 Å².